The van der Waals surface area contributed by atoms with E-state index in [1.165, 1.54) is 0 Å². The zero-order chi connectivity index (χ0) is 12.1. The maximum Gasteiger partial charge on any atom is 0.227 e. The van der Waals surface area contributed by atoms with Crippen molar-refractivity contribution in [2.24, 2.45) is 0 Å². The highest BCUT2D eigenvalue weighted by molar-refractivity contribution is 9.10. The minimum Gasteiger partial charge on any atom is -0.311 e. The number of carbonyl (C=O) groups excluding carboxylic acids is 1. The second kappa shape index (κ2) is 5.53. The zero-order valence-corrected chi connectivity index (χ0v) is 10.5. The average molecular weight is 296 g/mol. The minimum absolute atomic E-state index is 0.102. The highest BCUT2D eigenvalue weighted by Gasteiger charge is 2.03. The first-order valence-corrected chi connectivity index (χ1v) is 5.79. The number of rotatable bonds is 4. The van der Waals surface area contributed by atoms with Gasteiger partial charge in [0.15, 0.2) is 0 Å². The number of halogens is 1. The van der Waals surface area contributed by atoms with Crippen molar-refractivity contribution < 1.29 is 4.79 Å². The molecule has 7 heteroatoms. The first-order valence-electron chi connectivity index (χ1n) is 4.99. The molecule has 2 aromatic rings. The van der Waals surface area contributed by atoms with Crippen molar-refractivity contribution in [3.05, 3.63) is 35.2 Å². The first kappa shape index (κ1) is 11.7. The van der Waals surface area contributed by atoms with Crippen LogP contribution in [-0.4, -0.2) is 25.9 Å². The summed E-state index contributed by atoms with van der Waals surface area (Å²) in [5.74, 6) is 0.437. The summed E-state index contributed by atoms with van der Waals surface area (Å²) < 4.78 is 2.48. The summed E-state index contributed by atoms with van der Waals surface area (Å²) in [6.45, 7) is 0.502. The number of aryl methyl sites for hydroxylation is 1. The van der Waals surface area contributed by atoms with Gasteiger partial charge in [0.05, 0.1) is 12.7 Å². The Kier molecular flexibility index (Phi) is 3.81. The highest BCUT2D eigenvalue weighted by Crippen LogP contribution is 2.10. The minimum atomic E-state index is -0.102. The molecule has 0 unspecified atom stereocenters. The van der Waals surface area contributed by atoms with Crippen LogP contribution in [0.4, 0.5) is 5.82 Å². The molecular formula is C10H10BrN5O. The van der Waals surface area contributed by atoms with Gasteiger partial charge in [-0.15, -0.1) is 5.10 Å². The van der Waals surface area contributed by atoms with Crippen LogP contribution in [0, 0.1) is 0 Å². The smallest absolute Gasteiger partial charge is 0.227 e. The molecule has 2 heterocycles. The number of pyridine rings is 1. The van der Waals surface area contributed by atoms with Crippen LogP contribution in [0.2, 0.25) is 0 Å². The van der Waals surface area contributed by atoms with Crippen LogP contribution in [0.1, 0.15) is 6.42 Å². The lowest BCUT2D eigenvalue weighted by atomic mass is 10.4. The number of nitrogens with one attached hydrogen (secondary N) is 1. The van der Waals surface area contributed by atoms with E-state index in [1.807, 2.05) is 6.07 Å². The van der Waals surface area contributed by atoms with Gasteiger partial charge in [-0.3, -0.25) is 9.48 Å². The molecule has 0 aliphatic heterocycles. The third-order valence-electron chi connectivity index (χ3n) is 2.03. The fraction of sp³-hybridized carbons (Fsp3) is 0.200. The topological polar surface area (TPSA) is 72.7 Å². The van der Waals surface area contributed by atoms with Gasteiger partial charge in [-0.25, -0.2) is 4.98 Å². The third-order valence-corrected chi connectivity index (χ3v) is 2.50. The Morgan fingerprint density at radius 1 is 1.47 bits per heavy atom. The van der Waals surface area contributed by atoms with Gasteiger partial charge < -0.3 is 5.32 Å². The van der Waals surface area contributed by atoms with Crippen LogP contribution >= 0.6 is 15.9 Å². The molecule has 0 fully saturated rings. The maximum atomic E-state index is 11.6. The molecule has 0 aliphatic carbocycles. The van der Waals surface area contributed by atoms with Crippen LogP contribution in [-0.2, 0) is 11.3 Å². The molecule has 17 heavy (non-hydrogen) atoms. The standard InChI is InChI=1S/C10H10BrN5O/c11-8-1-2-9(12-7-8)14-10(17)3-5-16-6-4-13-15-16/h1-2,4,6-7H,3,5H2,(H,12,14,17). The molecule has 2 rings (SSSR count). The fourth-order valence-corrected chi connectivity index (χ4v) is 1.46. The number of amides is 1. The van der Waals surface area contributed by atoms with Crippen LogP contribution < -0.4 is 5.32 Å². The van der Waals surface area contributed by atoms with Gasteiger partial charge in [0, 0.05) is 23.3 Å². The van der Waals surface area contributed by atoms with Crippen molar-refractivity contribution in [3.8, 4) is 0 Å². The Morgan fingerprint density at radius 3 is 3.00 bits per heavy atom. The van der Waals surface area contributed by atoms with E-state index in [-0.39, 0.29) is 5.91 Å². The van der Waals surface area contributed by atoms with Gasteiger partial charge in [-0.1, -0.05) is 5.21 Å². The Morgan fingerprint density at radius 2 is 2.35 bits per heavy atom. The van der Waals surface area contributed by atoms with Crippen LogP contribution in [0.5, 0.6) is 0 Å². The number of hydrogen-bond acceptors (Lipinski definition) is 4. The predicted molar refractivity (Wildman–Crippen MR) is 65.2 cm³/mol. The fourth-order valence-electron chi connectivity index (χ4n) is 1.22. The Hall–Kier alpha value is -1.76. The van der Waals surface area contributed by atoms with E-state index in [0.717, 1.165) is 4.47 Å². The third kappa shape index (κ3) is 3.63. The van der Waals surface area contributed by atoms with Gasteiger partial charge in [0.25, 0.3) is 0 Å². The van der Waals surface area contributed by atoms with E-state index in [4.69, 9.17) is 0 Å². The predicted octanol–water partition coefficient (Wildman–Crippen LogP) is 1.46. The lowest BCUT2D eigenvalue weighted by molar-refractivity contribution is -0.116. The largest absolute Gasteiger partial charge is 0.311 e. The van der Waals surface area contributed by atoms with Gasteiger partial charge in [0.2, 0.25) is 5.91 Å². The van der Waals surface area contributed by atoms with Gasteiger partial charge in [-0.2, -0.15) is 0 Å². The number of carbonyl (C=O) groups is 1. The zero-order valence-electron chi connectivity index (χ0n) is 8.88. The number of hydrogen-bond donors (Lipinski definition) is 1. The molecule has 0 bridgehead atoms. The summed E-state index contributed by atoms with van der Waals surface area (Å²) in [7, 11) is 0. The lowest BCUT2D eigenvalue weighted by Crippen LogP contribution is -2.15. The number of anilines is 1. The normalized spacial score (nSPS) is 10.2. The van der Waals surface area contributed by atoms with Crippen LogP contribution in [0.25, 0.3) is 0 Å². The summed E-state index contributed by atoms with van der Waals surface area (Å²) in [6.07, 6.45) is 5.26. The van der Waals surface area contributed by atoms with E-state index in [1.54, 1.807) is 29.3 Å². The van der Waals surface area contributed by atoms with Crippen molar-refractivity contribution in [2.45, 2.75) is 13.0 Å². The second-order valence-electron chi connectivity index (χ2n) is 3.33. The molecule has 6 nitrogen and oxygen atoms in total. The van der Waals surface area contributed by atoms with Crippen LogP contribution in [0.3, 0.4) is 0 Å². The van der Waals surface area contributed by atoms with Crippen molar-refractivity contribution >= 4 is 27.7 Å². The summed E-state index contributed by atoms with van der Waals surface area (Å²) in [5.41, 5.74) is 0. The van der Waals surface area contributed by atoms with E-state index in [9.17, 15) is 4.79 Å². The molecule has 0 saturated heterocycles. The molecule has 0 spiro atoms. The van der Waals surface area contributed by atoms with E-state index < -0.39 is 0 Å². The molecule has 0 aliphatic rings. The maximum absolute atomic E-state index is 11.6. The molecule has 0 radical (unpaired) electrons. The average Bonchev–Trinajstić information content (AvgIpc) is 2.83. The Balaban J connectivity index is 1.83. The van der Waals surface area contributed by atoms with Crippen molar-refractivity contribution in [1.82, 2.24) is 20.0 Å². The Labute approximate surface area is 106 Å². The second-order valence-corrected chi connectivity index (χ2v) is 4.24. The van der Waals surface area contributed by atoms with E-state index >= 15 is 0 Å². The quantitative estimate of drug-likeness (QED) is 0.927. The summed E-state index contributed by atoms with van der Waals surface area (Å²) in [5, 5.41) is 10.1. The van der Waals surface area contributed by atoms with E-state index in [2.05, 4.69) is 36.5 Å². The molecule has 2 aromatic heterocycles. The monoisotopic (exact) mass is 295 g/mol. The van der Waals surface area contributed by atoms with Gasteiger partial charge in [-0.05, 0) is 28.1 Å². The van der Waals surface area contributed by atoms with Crippen molar-refractivity contribution in [1.29, 1.82) is 0 Å². The molecule has 1 amide bonds. The summed E-state index contributed by atoms with van der Waals surface area (Å²) in [4.78, 5) is 15.6. The first-order chi connectivity index (χ1) is 8.24. The molecule has 1 N–H and O–H groups in total. The molecule has 0 atom stereocenters. The molecular weight excluding hydrogens is 286 g/mol. The van der Waals surface area contributed by atoms with Crippen molar-refractivity contribution in [3.63, 3.8) is 0 Å². The molecule has 0 saturated carbocycles. The molecule has 88 valence electrons. The summed E-state index contributed by atoms with van der Waals surface area (Å²) >= 11 is 3.27. The lowest BCUT2D eigenvalue weighted by Gasteiger charge is -2.04. The SMILES string of the molecule is O=C(CCn1ccnn1)Nc1ccc(Br)cn1. The highest BCUT2D eigenvalue weighted by atomic mass is 79.9. The number of nitrogens with zero attached hydrogens (tertiary/aromatic N) is 4. The van der Waals surface area contributed by atoms with Crippen LogP contribution in [0.15, 0.2) is 35.2 Å². The van der Waals surface area contributed by atoms with Gasteiger partial charge in [0.1, 0.15) is 5.82 Å². The van der Waals surface area contributed by atoms with E-state index in [0.29, 0.717) is 18.8 Å². The van der Waals surface area contributed by atoms with Gasteiger partial charge >= 0.3 is 0 Å². The number of aromatic nitrogens is 4. The summed E-state index contributed by atoms with van der Waals surface area (Å²) in [6, 6.07) is 3.55. The molecule has 0 aromatic carbocycles. The Bertz CT molecular complexity index is 482. The van der Waals surface area contributed by atoms with Crippen molar-refractivity contribution in [2.75, 3.05) is 5.32 Å².